The SMILES string of the molecule is CC[Si](CC)(CC)O[C@H](CC(=O)O)C(C)(C)C(=O)[C@H](C)[C@@H](OC(=O)OCC(Cl)(Cl)Cl)[C@@H](C)CCC/C(C)=C/CC(O)/C(C)=C/c1csc(C)n1. The maximum Gasteiger partial charge on any atom is 0.508 e. The Balaban J connectivity index is 3.16. The van der Waals surface area contributed by atoms with Gasteiger partial charge in [0.15, 0.2) is 8.32 Å². The standard InChI is InChI=1S/C36H58Cl3NO8SSi/c1-11-50(12-2,13-3)48-30(20-31(42)43)35(9,10)33(44)26(7)32(47-34(45)46-22-36(37,38)39)24(5)16-14-15-23(4)17-18-29(41)25(6)19-28-21-49-27(8)40-28/h17,19,21,24,26,29-30,32,41H,11-16,18,20,22H2,1-10H3,(H,42,43)/b23-17+,25-19+/t24-,26+,29?,30+,32-/m0/s1. The van der Waals surface area contributed by atoms with Crippen LogP contribution >= 0.6 is 46.1 Å². The normalized spacial score (nSPS) is 16.4. The summed E-state index contributed by atoms with van der Waals surface area (Å²) >= 11 is 18.9. The van der Waals surface area contributed by atoms with Crippen molar-refractivity contribution in [2.75, 3.05) is 6.61 Å². The second-order valence-corrected chi connectivity index (χ2v) is 22.2. The van der Waals surface area contributed by atoms with Gasteiger partial charge < -0.3 is 24.1 Å². The van der Waals surface area contributed by atoms with Crippen LogP contribution in [0.4, 0.5) is 4.79 Å². The number of carbonyl (C=O) groups is 3. The van der Waals surface area contributed by atoms with Gasteiger partial charge in [0.05, 0.1) is 35.2 Å². The van der Waals surface area contributed by atoms with Gasteiger partial charge in [-0.3, -0.25) is 9.59 Å². The number of rotatable bonds is 22. The third kappa shape index (κ3) is 15.6. The van der Waals surface area contributed by atoms with Gasteiger partial charge in [-0.15, -0.1) is 11.3 Å². The number of carbonyl (C=O) groups excluding carboxylic acids is 2. The fraction of sp³-hybridized carbons (Fsp3) is 0.722. The highest BCUT2D eigenvalue weighted by molar-refractivity contribution is 7.09. The molecule has 286 valence electrons. The molecule has 0 saturated carbocycles. The molecule has 0 fully saturated rings. The molecule has 0 aliphatic rings. The second kappa shape index (κ2) is 21.3. The van der Waals surface area contributed by atoms with Crippen LogP contribution < -0.4 is 0 Å². The number of aliphatic carboxylic acids is 1. The third-order valence-electron chi connectivity index (χ3n) is 9.64. The number of aliphatic hydroxyl groups excluding tert-OH is 1. The van der Waals surface area contributed by atoms with Crippen LogP contribution in [0.25, 0.3) is 6.08 Å². The van der Waals surface area contributed by atoms with Crippen molar-refractivity contribution in [1.82, 2.24) is 4.98 Å². The predicted molar refractivity (Wildman–Crippen MR) is 207 cm³/mol. The minimum Gasteiger partial charge on any atom is -0.481 e. The van der Waals surface area contributed by atoms with Gasteiger partial charge in [0.1, 0.15) is 18.5 Å². The zero-order valence-electron chi connectivity index (χ0n) is 31.3. The number of alkyl halides is 3. The highest BCUT2D eigenvalue weighted by Gasteiger charge is 2.47. The Labute approximate surface area is 319 Å². The summed E-state index contributed by atoms with van der Waals surface area (Å²) in [4.78, 5) is 43.5. The molecule has 0 aliphatic heterocycles. The molecule has 2 N–H and O–H groups in total. The van der Waals surface area contributed by atoms with Crippen molar-refractivity contribution >= 4 is 78.4 Å². The average molecular weight is 799 g/mol. The van der Waals surface area contributed by atoms with Gasteiger partial charge in [-0.2, -0.15) is 0 Å². The first-order valence-corrected chi connectivity index (χ1v) is 21.9. The highest BCUT2D eigenvalue weighted by atomic mass is 35.6. The molecule has 1 unspecified atom stereocenters. The number of ether oxygens (including phenoxy) is 2. The van der Waals surface area contributed by atoms with E-state index in [-0.39, 0.29) is 18.1 Å². The van der Waals surface area contributed by atoms with Gasteiger partial charge in [-0.05, 0) is 82.2 Å². The first-order chi connectivity index (χ1) is 23.1. The summed E-state index contributed by atoms with van der Waals surface area (Å²) in [5, 5.41) is 23.4. The van der Waals surface area contributed by atoms with Crippen LogP contribution in [0, 0.1) is 24.2 Å². The van der Waals surface area contributed by atoms with Crippen LogP contribution in [0.2, 0.25) is 18.1 Å². The number of aryl methyl sites for hydroxylation is 1. The highest BCUT2D eigenvalue weighted by Crippen LogP contribution is 2.38. The molecule has 1 heterocycles. The van der Waals surface area contributed by atoms with Crippen molar-refractivity contribution in [1.29, 1.82) is 0 Å². The Kier molecular flexibility index (Phi) is 19.8. The number of hydrogen-bond acceptors (Lipinski definition) is 9. The molecule has 0 saturated heterocycles. The Hall–Kier alpha value is -1.47. The fourth-order valence-corrected chi connectivity index (χ4v) is 9.76. The van der Waals surface area contributed by atoms with E-state index in [0.29, 0.717) is 12.8 Å². The lowest BCUT2D eigenvalue weighted by Gasteiger charge is -2.42. The van der Waals surface area contributed by atoms with Crippen LogP contribution in [-0.4, -0.2) is 70.1 Å². The number of aliphatic hydroxyl groups is 1. The van der Waals surface area contributed by atoms with Gasteiger partial charge in [-0.1, -0.05) is 94.9 Å². The van der Waals surface area contributed by atoms with E-state index in [1.54, 1.807) is 32.1 Å². The molecule has 0 bridgehead atoms. The van der Waals surface area contributed by atoms with E-state index in [9.17, 15) is 24.6 Å². The number of ketones is 1. The zero-order chi connectivity index (χ0) is 38.4. The molecule has 0 radical (unpaired) electrons. The summed E-state index contributed by atoms with van der Waals surface area (Å²) in [7, 11) is -2.29. The number of nitrogens with zero attached hydrogens (tertiary/aromatic N) is 1. The van der Waals surface area contributed by atoms with Crippen molar-refractivity contribution in [2.24, 2.45) is 17.3 Å². The van der Waals surface area contributed by atoms with E-state index in [4.69, 9.17) is 48.7 Å². The van der Waals surface area contributed by atoms with Gasteiger partial charge in [0.2, 0.25) is 3.79 Å². The minimum absolute atomic E-state index is 0.276. The maximum absolute atomic E-state index is 14.3. The smallest absolute Gasteiger partial charge is 0.481 e. The molecule has 9 nitrogen and oxygen atoms in total. The van der Waals surface area contributed by atoms with Crippen molar-refractivity contribution in [3.05, 3.63) is 33.3 Å². The molecule has 0 amide bonds. The lowest BCUT2D eigenvalue weighted by Crippen LogP contribution is -2.51. The fourth-order valence-electron chi connectivity index (χ4n) is 6.04. The molecular weight excluding hydrogens is 741 g/mol. The molecule has 50 heavy (non-hydrogen) atoms. The molecule has 0 aromatic carbocycles. The summed E-state index contributed by atoms with van der Waals surface area (Å²) in [6.45, 7) is 18.4. The topological polar surface area (TPSA) is 132 Å². The number of halogens is 3. The predicted octanol–water partition coefficient (Wildman–Crippen LogP) is 10.3. The first-order valence-electron chi connectivity index (χ1n) is 17.4. The monoisotopic (exact) mass is 797 g/mol. The molecule has 5 atom stereocenters. The van der Waals surface area contributed by atoms with E-state index in [2.05, 4.69) is 4.98 Å². The van der Waals surface area contributed by atoms with Crippen LogP contribution in [0.3, 0.4) is 0 Å². The van der Waals surface area contributed by atoms with Crippen molar-refractivity contribution in [2.45, 2.75) is 142 Å². The van der Waals surface area contributed by atoms with Crippen LogP contribution in [0.15, 0.2) is 22.6 Å². The zero-order valence-corrected chi connectivity index (χ0v) is 35.4. The van der Waals surface area contributed by atoms with E-state index < -0.39 is 60.5 Å². The van der Waals surface area contributed by atoms with Crippen molar-refractivity contribution in [3.63, 3.8) is 0 Å². The van der Waals surface area contributed by atoms with Crippen molar-refractivity contribution in [3.8, 4) is 0 Å². The van der Waals surface area contributed by atoms with Gasteiger partial charge >= 0.3 is 12.1 Å². The maximum atomic E-state index is 14.3. The molecular formula is C36H58Cl3NO8SSi. The summed E-state index contributed by atoms with van der Waals surface area (Å²) in [5.41, 5.74) is 1.57. The minimum atomic E-state index is -2.29. The Morgan fingerprint density at radius 2 is 1.68 bits per heavy atom. The van der Waals surface area contributed by atoms with E-state index in [1.807, 2.05) is 66.0 Å². The van der Waals surface area contributed by atoms with E-state index in [0.717, 1.165) is 52.8 Å². The quantitative estimate of drug-likeness (QED) is 0.0509. The Bertz CT molecular complexity index is 1300. The molecule has 0 spiro atoms. The first kappa shape index (κ1) is 46.5. The Morgan fingerprint density at radius 1 is 1.08 bits per heavy atom. The number of allylic oxidation sites excluding steroid dienone is 1. The second-order valence-electron chi connectivity index (χ2n) is 13.9. The summed E-state index contributed by atoms with van der Waals surface area (Å²) in [6, 6.07) is 2.38. The van der Waals surface area contributed by atoms with E-state index in [1.165, 1.54) is 0 Å². The molecule has 1 rings (SSSR count). The third-order valence-corrected chi connectivity index (χ3v) is 15.4. The van der Waals surface area contributed by atoms with E-state index >= 15 is 0 Å². The van der Waals surface area contributed by atoms with Gasteiger partial charge in [-0.25, -0.2) is 9.78 Å². The summed E-state index contributed by atoms with van der Waals surface area (Å²) in [6.07, 6.45) is 2.64. The number of carboxylic acids is 1. The number of thiazole rings is 1. The number of aromatic nitrogens is 1. The lowest BCUT2D eigenvalue weighted by atomic mass is 9.73. The van der Waals surface area contributed by atoms with Crippen LogP contribution in [-0.2, 0) is 23.5 Å². The molecule has 0 aliphatic carbocycles. The van der Waals surface area contributed by atoms with Gasteiger partial charge in [0.25, 0.3) is 0 Å². The van der Waals surface area contributed by atoms with Crippen LogP contribution in [0.1, 0.15) is 105 Å². The summed E-state index contributed by atoms with van der Waals surface area (Å²) in [5.74, 6) is -2.45. The molecule has 14 heteroatoms. The Morgan fingerprint density at radius 3 is 2.18 bits per heavy atom. The molecule has 1 aromatic rings. The van der Waals surface area contributed by atoms with Crippen molar-refractivity contribution < 1.29 is 38.5 Å². The summed E-state index contributed by atoms with van der Waals surface area (Å²) < 4.78 is 15.6. The number of Topliss-reactive ketones (excluding diaryl/α,β-unsaturated/α-hetero) is 1. The average Bonchev–Trinajstić information content (AvgIpc) is 3.45. The van der Waals surface area contributed by atoms with Crippen LogP contribution in [0.5, 0.6) is 0 Å². The number of hydrogen-bond donors (Lipinski definition) is 2. The lowest BCUT2D eigenvalue weighted by molar-refractivity contribution is -0.147. The van der Waals surface area contributed by atoms with Gasteiger partial charge in [0, 0.05) is 10.8 Å². The molecule has 1 aromatic heterocycles. The largest absolute Gasteiger partial charge is 0.508 e. The number of carboxylic acid groups (broad SMARTS) is 1.